The Morgan fingerprint density at radius 1 is 1.75 bits per heavy atom. The average molecular weight is 86.0 g/mol. The Morgan fingerprint density at radius 2 is 1.75 bits per heavy atom. The molecule has 1 nitrogen and oxygen atoms in total. The van der Waals surface area contributed by atoms with Gasteiger partial charge in [-0.3, -0.25) is 4.57 Å². The van der Waals surface area contributed by atoms with Crippen LogP contribution in [0.2, 0.25) is 0 Å². The van der Waals surface area contributed by atoms with Crippen molar-refractivity contribution in [3.8, 4) is 0 Å². The second-order valence-corrected chi connectivity index (χ2v) is 0.548. The first kappa shape index (κ1) is 8.92. The van der Waals surface area contributed by atoms with Crippen molar-refractivity contribution in [2.75, 3.05) is 6.66 Å². The van der Waals surface area contributed by atoms with Gasteiger partial charge < -0.3 is 0 Å². The van der Waals surface area contributed by atoms with Gasteiger partial charge in [-0.25, -0.2) is 0 Å². The maximum absolute atomic E-state index is 8.90. The molecule has 0 aromatic rings. The van der Waals surface area contributed by atoms with Crippen molar-refractivity contribution in [3.63, 3.8) is 0 Å². The summed E-state index contributed by atoms with van der Waals surface area (Å²) in [5, 5.41) is 0. The molecule has 0 N–H and O–H groups in total. The molecule has 20 valence electrons. The number of hydrogen-bond donors (Lipinski definition) is 0. The molecule has 0 bridgehead atoms. The molecule has 0 aliphatic rings. The summed E-state index contributed by atoms with van der Waals surface area (Å²) in [6, 6.07) is 0. The van der Waals surface area contributed by atoms with Crippen molar-refractivity contribution in [2.24, 2.45) is 0 Å². The van der Waals surface area contributed by atoms with E-state index in [1.54, 1.807) is 6.66 Å². The molecule has 0 aromatic heterocycles. The van der Waals surface area contributed by atoms with Crippen LogP contribution in [-0.2, 0) is 4.57 Å². The third kappa shape index (κ3) is 11.3. The Balaban J connectivity index is 0. The Hall–Kier alpha value is 1.10. The summed E-state index contributed by atoms with van der Waals surface area (Å²) in [4.78, 5) is 0. The van der Waals surface area contributed by atoms with Gasteiger partial charge in [0.05, 0.1) is 0 Å². The Labute approximate surface area is 49.3 Å². The predicted molar refractivity (Wildman–Crippen MR) is 20.7 cm³/mol. The van der Waals surface area contributed by atoms with E-state index in [0.29, 0.717) is 0 Å². The van der Waals surface area contributed by atoms with Gasteiger partial charge in [-0.1, -0.05) is 0 Å². The third-order valence-corrected chi connectivity index (χ3v) is 0. The predicted octanol–water partition coefficient (Wildman–Crippen LogP) is 0.259. The van der Waals surface area contributed by atoms with Gasteiger partial charge >= 0.3 is 29.6 Å². The van der Waals surface area contributed by atoms with E-state index < -0.39 is 0 Å². The van der Waals surface area contributed by atoms with Crippen molar-refractivity contribution >= 4 is 38.0 Å². The summed E-state index contributed by atoms with van der Waals surface area (Å²) >= 11 is 0. The second kappa shape index (κ2) is 8.93. The number of rotatable bonds is 0. The first-order valence-electron chi connectivity index (χ1n) is 0.630. The first-order valence-corrected chi connectivity index (χ1v) is 1.89. The van der Waals surface area contributed by atoms with Crippen molar-refractivity contribution < 1.29 is 4.57 Å². The molecule has 0 unspecified atom stereocenters. The van der Waals surface area contributed by atoms with Crippen LogP contribution in [0.25, 0.3) is 0 Å². The summed E-state index contributed by atoms with van der Waals surface area (Å²) in [5.74, 6) is 0. The molecule has 4 heavy (non-hydrogen) atoms. The molecule has 0 saturated carbocycles. The Morgan fingerprint density at radius 3 is 1.75 bits per heavy atom. The van der Waals surface area contributed by atoms with Gasteiger partial charge in [0, 0.05) is 6.66 Å². The van der Waals surface area contributed by atoms with Gasteiger partial charge in [0.25, 0.3) is 0 Å². The zero-order valence-corrected chi connectivity index (χ0v) is 2.75. The fourth-order valence-corrected chi connectivity index (χ4v) is 0. The van der Waals surface area contributed by atoms with Crippen molar-refractivity contribution in [1.82, 2.24) is 0 Å². The van der Waals surface area contributed by atoms with Crippen LogP contribution in [0.15, 0.2) is 0 Å². The van der Waals surface area contributed by atoms with E-state index in [2.05, 4.69) is 0 Å². The normalized spacial score (nSPS) is 5.25. The monoisotopic (exact) mass is 86.0 g/mol. The summed E-state index contributed by atoms with van der Waals surface area (Å²) < 4.78 is 8.90. The van der Waals surface area contributed by atoms with Gasteiger partial charge in [0.1, 0.15) is 0 Å². The van der Waals surface area contributed by atoms with E-state index >= 15 is 0 Å². The molecule has 0 aliphatic heterocycles. The van der Waals surface area contributed by atoms with Gasteiger partial charge in [0.15, 0.2) is 8.46 Å². The van der Waals surface area contributed by atoms with Gasteiger partial charge in [-0.2, -0.15) is 0 Å². The van der Waals surface area contributed by atoms with E-state index in [-0.39, 0.29) is 38.0 Å². The standard InChI is InChI=1S/CH3OP.Na.H/c1-3-2;;/h1H3;;. The molecular weight excluding hydrogens is 82.0 g/mol. The van der Waals surface area contributed by atoms with Crippen LogP contribution in [0, 0.1) is 0 Å². The topological polar surface area (TPSA) is 17.1 Å². The molecule has 0 amide bonds. The minimum absolute atomic E-state index is 0. The number of hydrogen-bond acceptors (Lipinski definition) is 1. The summed E-state index contributed by atoms with van der Waals surface area (Å²) in [6.45, 7) is 1.54. The van der Waals surface area contributed by atoms with Crippen LogP contribution >= 0.6 is 8.46 Å². The molecule has 0 radical (unpaired) electrons. The van der Waals surface area contributed by atoms with Crippen LogP contribution in [0.1, 0.15) is 0 Å². The van der Waals surface area contributed by atoms with E-state index in [9.17, 15) is 0 Å². The molecule has 3 heteroatoms. The molecule has 0 heterocycles. The fourth-order valence-electron chi connectivity index (χ4n) is 0. The quantitative estimate of drug-likeness (QED) is 0.305. The van der Waals surface area contributed by atoms with E-state index in [1.165, 1.54) is 0 Å². The van der Waals surface area contributed by atoms with Crippen molar-refractivity contribution in [1.29, 1.82) is 0 Å². The van der Waals surface area contributed by atoms with E-state index in [1.807, 2.05) is 0 Å². The zero-order chi connectivity index (χ0) is 2.71. The van der Waals surface area contributed by atoms with Crippen molar-refractivity contribution in [3.05, 3.63) is 0 Å². The van der Waals surface area contributed by atoms with Crippen LogP contribution in [0.5, 0.6) is 0 Å². The molecule has 0 atom stereocenters. The first-order chi connectivity index (χ1) is 1.41. The van der Waals surface area contributed by atoms with Gasteiger partial charge in [0.2, 0.25) is 0 Å². The van der Waals surface area contributed by atoms with Crippen LogP contribution < -0.4 is 0 Å². The Kier molecular flexibility index (Phi) is 19.9. The van der Waals surface area contributed by atoms with E-state index in [0.717, 1.165) is 0 Å². The summed E-state index contributed by atoms with van der Waals surface area (Å²) in [7, 11) is 0.167. The SMILES string of the molecule is CP=O.[NaH]. The van der Waals surface area contributed by atoms with E-state index in [4.69, 9.17) is 4.57 Å². The maximum atomic E-state index is 8.90. The van der Waals surface area contributed by atoms with Crippen LogP contribution in [0.4, 0.5) is 0 Å². The Bertz CT molecular complexity index is 15.5. The van der Waals surface area contributed by atoms with Gasteiger partial charge in [-0.05, 0) is 0 Å². The average Bonchev–Trinajstić information content (AvgIpc) is 0.918. The molecule has 0 spiro atoms. The fraction of sp³-hybridized carbons (Fsp3) is 1.00. The molecule has 0 saturated heterocycles. The molecule has 0 aromatic carbocycles. The van der Waals surface area contributed by atoms with Crippen LogP contribution in [0.3, 0.4) is 0 Å². The second-order valence-electron chi connectivity index (χ2n) is 0.183. The van der Waals surface area contributed by atoms with Gasteiger partial charge in [-0.15, -0.1) is 0 Å². The summed E-state index contributed by atoms with van der Waals surface area (Å²) in [6.07, 6.45) is 0. The third-order valence-electron chi connectivity index (χ3n) is 0. The zero-order valence-electron chi connectivity index (χ0n) is 1.86. The molecular formula is CH4NaOP. The summed E-state index contributed by atoms with van der Waals surface area (Å²) in [5.41, 5.74) is 0. The van der Waals surface area contributed by atoms with Crippen LogP contribution in [-0.4, -0.2) is 36.2 Å². The molecule has 0 rings (SSSR count). The molecule has 0 fully saturated rings. The van der Waals surface area contributed by atoms with Crippen molar-refractivity contribution in [2.45, 2.75) is 0 Å². The molecule has 0 aliphatic carbocycles. The minimum atomic E-state index is 0.